The molecule has 4 heteroatoms. The standard InChI is InChI=1S/C13H23NS2.C6H15N/c15-13(16)14(11-7-3-1-4-8-11)12-9-5-2-6-10-12;1-4-7(5-2)6-3/h11-12H,1-10H2,(H,15,16);4-6H2,1-3H3. The van der Waals surface area contributed by atoms with Gasteiger partial charge in [-0.05, 0) is 46.5 Å². The molecule has 1 N–H and O–H groups in total. The summed E-state index contributed by atoms with van der Waals surface area (Å²) in [6.07, 6.45) is 13.5. The molecule has 0 aromatic carbocycles. The second-order valence-electron chi connectivity index (χ2n) is 7.07. The largest absolute Gasteiger partial charge is 0.411 e. The smallest absolute Gasteiger partial charge is 0.0742 e. The van der Waals surface area contributed by atoms with Crippen molar-refractivity contribution in [3.05, 3.63) is 0 Å². The molecule has 2 nitrogen and oxygen atoms in total. The second-order valence-corrected chi connectivity index (χ2v) is 8.10. The van der Waals surface area contributed by atoms with Crippen LogP contribution in [0.2, 0.25) is 0 Å². The lowest BCUT2D eigenvalue weighted by molar-refractivity contribution is -0.894. The Morgan fingerprint density at radius 2 is 1.17 bits per heavy atom. The Morgan fingerprint density at radius 1 is 0.826 bits per heavy atom. The van der Waals surface area contributed by atoms with Gasteiger partial charge in [-0.25, -0.2) is 0 Å². The van der Waals surface area contributed by atoms with Crippen molar-refractivity contribution in [2.75, 3.05) is 19.6 Å². The molecule has 0 atom stereocenters. The Bertz CT molecular complexity index is 283. The van der Waals surface area contributed by atoms with E-state index < -0.39 is 0 Å². The highest BCUT2D eigenvalue weighted by Crippen LogP contribution is 2.30. The number of rotatable bonds is 5. The predicted octanol–water partition coefficient (Wildman–Crippen LogP) is 3.72. The Morgan fingerprint density at radius 3 is 1.39 bits per heavy atom. The molecule has 0 unspecified atom stereocenters. The summed E-state index contributed by atoms with van der Waals surface area (Å²) in [5, 5.41) is 0. The fourth-order valence-corrected chi connectivity index (χ4v) is 4.66. The topological polar surface area (TPSA) is 7.68 Å². The normalized spacial score (nSPS) is 20.0. The highest BCUT2D eigenvalue weighted by atomic mass is 32.1. The van der Waals surface area contributed by atoms with Crippen LogP contribution >= 0.6 is 12.2 Å². The Balaban J connectivity index is 0.000000322. The van der Waals surface area contributed by atoms with Crippen LogP contribution in [0.3, 0.4) is 0 Å². The highest BCUT2D eigenvalue weighted by Gasteiger charge is 2.26. The molecule has 0 spiro atoms. The Hall–Kier alpha value is 0.0700. The van der Waals surface area contributed by atoms with Gasteiger partial charge in [0.15, 0.2) is 0 Å². The van der Waals surface area contributed by atoms with Crippen LogP contribution < -0.4 is 4.90 Å². The minimum atomic E-state index is 0.668. The zero-order valence-corrected chi connectivity index (χ0v) is 17.2. The average Bonchev–Trinajstić information content (AvgIpc) is 2.59. The van der Waals surface area contributed by atoms with E-state index in [1.807, 2.05) is 0 Å². The van der Waals surface area contributed by atoms with Gasteiger partial charge in [-0.2, -0.15) is 0 Å². The second kappa shape index (κ2) is 12.4. The van der Waals surface area contributed by atoms with E-state index in [9.17, 15) is 0 Å². The van der Waals surface area contributed by atoms with Gasteiger partial charge in [0.25, 0.3) is 0 Å². The minimum absolute atomic E-state index is 0.668. The SMILES string of the molecule is CC[NH+](CC)CC.S=C([S-])N(C1CCCCC1)C1CCCCC1. The van der Waals surface area contributed by atoms with E-state index >= 15 is 0 Å². The Kier molecular flexibility index (Phi) is 11.4. The van der Waals surface area contributed by atoms with Crippen LogP contribution in [0, 0.1) is 0 Å². The van der Waals surface area contributed by atoms with Crippen LogP contribution in [0.25, 0.3) is 0 Å². The van der Waals surface area contributed by atoms with Crippen LogP contribution in [0.5, 0.6) is 0 Å². The molecule has 2 rings (SSSR count). The molecule has 0 aromatic heterocycles. The summed E-state index contributed by atoms with van der Waals surface area (Å²) in [4.78, 5) is 4.11. The van der Waals surface area contributed by atoms with Gasteiger partial charge in [0.1, 0.15) is 0 Å². The number of hydrogen-bond donors (Lipinski definition) is 1. The molecule has 0 bridgehead atoms. The average molecular weight is 359 g/mol. The van der Waals surface area contributed by atoms with Gasteiger partial charge >= 0.3 is 0 Å². The zero-order valence-electron chi connectivity index (χ0n) is 15.6. The van der Waals surface area contributed by atoms with Crippen molar-refractivity contribution in [1.29, 1.82) is 0 Å². The van der Waals surface area contributed by atoms with Gasteiger partial charge < -0.3 is 34.6 Å². The summed E-state index contributed by atoms with van der Waals surface area (Å²) in [5.74, 6) is 0. The highest BCUT2D eigenvalue weighted by molar-refractivity contribution is 8.00. The minimum Gasteiger partial charge on any atom is -0.411 e. The van der Waals surface area contributed by atoms with Gasteiger partial charge in [0.05, 0.1) is 19.6 Å². The lowest BCUT2D eigenvalue weighted by Gasteiger charge is -2.45. The first-order chi connectivity index (χ1) is 11.1. The van der Waals surface area contributed by atoms with Crippen LogP contribution in [0.4, 0.5) is 0 Å². The molecule has 23 heavy (non-hydrogen) atoms. The van der Waals surface area contributed by atoms with Crippen LogP contribution in [0.15, 0.2) is 0 Å². The monoisotopic (exact) mass is 358 g/mol. The summed E-state index contributed by atoms with van der Waals surface area (Å²) in [6.45, 7) is 10.5. The van der Waals surface area contributed by atoms with E-state index in [1.165, 1.54) is 83.8 Å². The lowest BCUT2D eigenvalue weighted by atomic mass is 9.89. The van der Waals surface area contributed by atoms with Crippen molar-refractivity contribution < 1.29 is 4.90 Å². The maximum absolute atomic E-state index is 5.32. The van der Waals surface area contributed by atoms with E-state index in [-0.39, 0.29) is 0 Å². The predicted molar refractivity (Wildman–Crippen MR) is 108 cm³/mol. The molecule has 2 fully saturated rings. The molecule has 2 saturated carbocycles. The molecule has 2 aliphatic rings. The van der Waals surface area contributed by atoms with Crippen molar-refractivity contribution in [2.45, 2.75) is 97.1 Å². The van der Waals surface area contributed by atoms with Gasteiger partial charge in [0, 0.05) is 12.1 Å². The Labute approximate surface area is 155 Å². The molecule has 0 radical (unpaired) electrons. The van der Waals surface area contributed by atoms with Crippen molar-refractivity contribution in [3.63, 3.8) is 0 Å². The number of quaternary nitrogens is 1. The van der Waals surface area contributed by atoms with Crippen LogP contribution in [0.1, 0.15) is 85.0 Å². The fourth-order valence-electron chi connectivity index (χ4n) is 4.06. The molecule has 0 aromatic rings. The maximum atomic E-state index is 5.32. The third-order valence-electron chi connectivity index (χ3n) is 5.65. The zero-order chi connectivity index (χ0) is 17.1. The van der Waals surface area contributed by atoms with E-state index in [0.717, 1.165) is 4.32 Å². The quantitative estimate of drug-likeness (QED) is 0.592. The van der Waals surface area contributed by atoms with Gasteiger partial charge in [0.2, 0.25) is 0 Å². The van der Waals surface area contributed by atoms with E-state index in [0.29, 0.717) is 12.1 Å². The lowest BCUT2D eigenvalue weighted by Crippen LogP contribution is -3.11. The first kappa shape index (κ1) is 21.1. The van der Waals surface area contributed by atoms with Crippen LogP contribution in [-0.2, 0) is 12.6 Å². The first-order valence-corrected chi connectivity index (χ1v) is 10.8. The summed E-state index contributed by atoms with van der Waals surface area (Å²) in [5.41, 5.74) is 0. The van der Waals surface area contributed by atoms with Gasteiger partial charge in [-0.15, -0.1) is 0 Å². The van der Waals surface area contributed by atoms with Crippen molar-refractivity contribution >= 4 is 29.2 Å². The third-order valence-corrected chi connectivity index (χ3v) is 6.07. The van der Waals surface area contributed by atoms with Crippen molar-refractivity contribution in [1.82, 2.24) is 4.90 Å². The van der Waals surface area contributed by atoms with Crippen molar-refractivity contribution in [2.24, 2.45) is 0 Å². The number of hydrogen-bond acceptors (Lipinski definition) is 2. The van der Waals surface area contributed by atoms with E-state index in [2.05, 4.69) is 25.7 Å². The van der Waals surface area contributed by atoms with Gasteiger partial charge in [-0.1, -0.05) is 42.8 Å². The summed E-state index contributed by atoms with van der Waals surface area (Å²) in [7, 11) is 0. The fraction of sp³-hybridized carbons (Fsp3) is 0.947. The van der Waals surface area contributed by atoms with Crippen LogP contribution in [-0.4, -0.2) is 40.9 Å². The summed E-state index contributed by atoms with van der Waals surface area (Å²) >= 11 is 10.6. The molecular formula is C19H38N2S2. The third kappa shape index (κ3) is 7.66. The number of nitrogens with zero attached hydrogens (tertiary/aromatic N) is 1. The molecule has 0 heterocycles. The molecular weight excluding hydrogens is 320 g/mol. The van der Waals surface area contributed by atoms with E-state index in [1.54, 1.807) is 4.90 Å². The molecule has 0 aliphatic heterocycles. The molecule has 2 aliphatic carbocycles. The molecule has 136 valence electrons. The molecule has 0 saturated heterocycles. The van der Waals surface area contributed by atoms with Crippen molar-refractivity contribution in [3.8, 4) is 0 Å². The molecule has 0 amide bonds. The number of thiocarbonyl (C=S) groups is 1. The maximum Gasteiger partial charge on any atom is 0.0742 e. The first-order valence-electron chi connectivity index (χ1n) is 9.96. The van der Waals surface area contributed by atoms with E-state index in [4.69, 9.17) is 24.8 Å². The summed E-state index contributed by atoms with van der Waals surface area (Å²) < 4.78 is 0.735. The van der Waals surface area contributed by atoms with Gasteiger partial charge in [-0.3, -0.25) is 0 Å². The number of nitrogens with one attached hydrogen (secondary N) is 1. The summed E-state index contributed by atoms with van der Waals surface area (Å²) in [6, 6.07) is 1.34.